The van der Waals surface area contributed by atoms with Gasteiger partial charge < -0.3 is 9.15 Å². The molecule has 1 aromatic heterocycles. The number of fused-ring (bicyclic) bond motifs is 1. The van der Waals surface area contributed by atoms with E-state index in [1.54, 1.807) is 0 Å². The molecule has 1 aliphatic rings. The maximum Gasteiger partial charge on any atom is 0.111 e. The summed E-state index contributed by atoms with van der Waals surface area (Å²) in [4.78, 5) is 0. The van der Waals surface area contributed by atoms with Crippen LogP contribution in [0.3, 0.4) is 0 Å². The highest BCUT2D eigenvalue weighted by atomic mass is 16.5. The average Bonchev–Trinajstić information content (AvgIpc) is 2.27. The van der Waals surface area contributed by atoms with Crippen molar-refractivity contribution in [2.75, 3.05) is 6.61 Å². The zero-order valence-electron chi connectivity index (χ0n) is 6.02. The lowest BCUT2D eigenvalue weighted by molar-refractivity contribution is 0.104. The van der Waals surface area contributed by atoms with Gasteiger partial charge in [-0.3, -0.25) is 0 Å². The van der Waals surface area contributed by atoms with E-state index in [-0.39, 0.29) is 0 Å². The van der Waals surface area contributed by atoms with Crippen molar-refractivity contribution in [3.63, 3.8) is 0 Å². The van der Waals surface area contributed by atoms with Crippen LogP contribution in [0.2, 0.25) is 0 Å². The van der Waals surface area contributed by atoms with Crippen LogP contribution >= 0.6 is 0 Å². The summed E-state index contributed by atoms with van der Waals surface area (Å²) in [6.45, 7) is 3.50. The highest BCUT2D eigenvalue weighted by Gasteiger charge is 2.12. The van der Waals surface area contributed by atoms with E-state index >= 15 is 0 Å². The van der Waals surface area contributed by atoms with Crippen molar-refractivity contribution in [1.29, 1.82) is 0 Å². The van der Waals surface area contributed by atoms with E-state index in [0.29, 0.717) is 0 Å². The molecule has 2 heteroatoms. The molecule has 10 heavy (non-hydrogen) atoms. The van der Waals surface area contributed by atoms with E-state index < -0.39 is 0 Å². The van der Waals surface area contributed by atoms with Crippen molar-refractivity contribution in [3.8, 4) is 0 Å². The fourth-order valence-electron chi connectivity index (χ4n) is 1.30. The summed E-state index contributed by atoms with van der Waals surface area (Å²) in [7, 11) is 0. The molecule has 2 nitrogen and oxygen atoms in total. The molecule has 0 aromatic carbocycles. The van der Waals surface area contributed by atoms with Crippen molar-refractivity contribution in [2.45, 2.75) is 20.0 Å². The number of aryl methyl sites for hydroxylation is 1. The van der Waals surface area contributed by atoms with Crippen LogP contribution in [0.5, 0.6) is 0 Å². The second-order valence-corrected chi connectivity index (χ2v) is 2.61. The predicted octanol–water partition coefficient (Wildman–Crippen LogP) is 1.66. The highest BCUT2D eigenvalue weighted by molar-refractivity contribution is 5.21. The second-order valence-electron chi connectivity index (χ2n) is 2.61. The Morgan fingerprint density at radius 1 is 1.50 bits per heavy atom. The largest absolute Gasteiger partial charge is 0.466 e. The molecule has 0 fully saturated rings. The van der Waals surface area contributed by atoms with Gasteiger partial charge in [0, 0.05) is 12.0 Å². The minimum atomic E-state index is 0.729. The summed E-state index contributed by atoms with van der Waals surface area (Å²) in [6.07, 6.45) is 0.934. The predicted molar refractivity (Wildman–Crippen MR) is 36.8 cm³/mol. The summed E-state index contributed by atoms with van der Waals surface area (Å²) in [5.41, 5.74) is 1.23. The zero-order chi connectivity index (χ0) is 6.97. The molecule has 0 radical (unpaired) electrons. The molecular formula is C8H10O2. The number of rotatable bonds is 0. The lowest BCUT2D eigenvalue weighted by Crippen LogP contribution is -2.06. The zero-order valence-corrected chi connectivity index (χ0v) is 6.02. The Bertz CT molecular complexity index is 214. The number of hydrogen-bond acceptors (Lipinski definition) is 2. The minimum absolute atomic E-state index is 0.729. The SMILES string of the molecule is Cc1cc2c(o1)CCOC2. The van der Waals surface area contributed by atoms with Gasteiger partial charge in [0.05, 0.1) is 13.2 Å². The molecule has 0 amide bonds. The maximum absolute atomic E-state index is 5.43. The van der Waals surface area contributed by atoms with Crippen LogP contribution in [0.25, 0.3) is 0 Å². The quantitative estimate of drug-likeness (QED) is 0.544. The summed E-state index contributed by atoms with van der Waals surface area (Å²) < 4.78 is 10.7. The molecule has 0 unspecified atom stereocenters. The highest BCUT2D eigenvalue weighted by Crippen LogP contribution is 2.19. The first kappa shape index (κ1) is 5.98. The molecule has 1 aliphatic heterocycles. The third-order valence-electron chi connectivity index (χ3n) is 1.75. The summed E-state index contributed by atoms with van der Waals surface area (Å²) >= 11 is 0. The summed E-state index contributed by atoms with van der Waals surface area (Å²) in [5.74, 6) is 2.11. The van der Waals surface area contributed by atoms with Crippen LogP contribution in [-0.2, 0) is 17.8 Å². The molecule has 2 rings (SSSR count). The van der Waals surface area contributed by atoms with Gasteiger partial charge in [-0.1, -0.05) is 0 Å². The Labute approximate surface area is 59.8 Å². The van der Waals surface area contributed by atoms with E-state index in [0.717, 1.165) is 31.2 Å². The van der Waals surface area contributed by atoms with E-state index in [2.05, 4.69) is 6.07 Å². The van der Waals surface area contributed by atoms with Gasteiger partial charge in [0.25, 0.3) is 0 Å². The van der Waals surface area contributed by atoms with Crippen molar-refractivity contribution < 1.29 is 9.15 Å². The number of furan rings is 1. The Balaban J connectivity index is 2.41. The molecule has 0 saturated carbocycles. The molecule has 0 spiro atoms. The smallest absolute Gasteiger partial charge is 0.111 e. The molecule has 0 saturated heterocycles. The van der Waals surface area contributed by atoms with Crippen molar-refractivity contribution in [1.82, 2.24) is 0 Å². The summed E-state index contributed by atoms with van der Waals surface area (Å²) in [5, 5.41) is 0. The fraction of sp³-hybridized carbons (Fsp3) is 0.500. The van der Waals surface area contributed by atoms with Crippen LogP contribution in [-0.4, -0.2) is 6.61 Å². The van der Waals surface area contributed by atoms with Crippen molar-refractivity contribution >= 4 is 0 Å². The minimum Gasteiger partial charge on any atom is -0.466 e. The van der Waals surface area contributed by atoms with Crippen LogP contribution in [0, 0.1) is 6.92 Å². The average molecular weight is 138 g/mol. The maximum atomic E-state index is 5.43. The van der Waals surface area contributed by atoms with Crippen LogP contribution in [0.1, 0.15) is 17.1 Å². The van der Waals surface area contributed by atoms with Gasteiger partial charge in [-0.2, -0.15) is 0 Å². The third-order valence-corrected chi connectivity index (χ3v) is 1.75. The van der Waals surface area contributed by atoms with E-state index in [9.17, 15) is 0 Å². The monoisotopic (exact) mass is 138 g/mol. The van der Waals surface area contributed by atoms with Gasteiger partial charge in [0.1, 0.15) is 11.5 Å². The van der Waals surface area contributed by atoms with E-state index in [1.807, 2.05) is 6.92 Å². The number of ether oxygens (including phenoxy) is 1. The Morgan fingerprint density at radius 3 is 3.20 bits per heavy atom. The molecule has 0 aliphatic carbocycles. The molecule has 2 heterocycles. The standard InChI is InChI=1S/C8H10O2/c1-6-4-7-5-9-3-2-8(7)10-6/h4H,2-3,5H2,1H3. The van der Waals surface area contributed by atoms with Gasteiger partial charge in [0.2, 0.25) is 0 Å². The fourth-order valence-corrected chi connectivity index (χ4v) is 1.30. The normalized spacial score (nSPS) is 16.9. The van der Waals surface area contributed by atoms with Crippen molar-refractivity contribution in [3.05, 3.63) is 23.2 Å². The summed E-state index contributed by atoms with van der Waals surface area (Å²) in [6, 6.07) is 2.05. The lowest BCUT2D eigenvalue weighted by atomic mass is 10.2. The van der Waals surface area contributed by atoms with Gasteiger partial charge >= 0.3 is 0 Å². The lowest BCUT2D eigenvalue weighted by Gasteiger charge is -2.09. The third kappa shape index (κ3) is 0.847. The van der Waals surface area contributed by atoms with Crippen LogP contribution in [0.4, 0.5) is 0 Å². The van der Waals surface area contributed by atoms with Crippen LogP contribution < -0.4 is 0 Å². The Hall–Kier alpha value is -0.760. The molecule has 0 atom stereocenters. The Morgan fingerprint density at radius 2 is 2.40 bits per heavy atom. The Kier molecular flexibility index (Phi) is 1.27. The van der Waals surface area contributed by atoms with Gasteiger partial charge in [-0.05, 0) is 13.0 Å². The second kappa shape index (κ2) is 2.13. The molecule has 0 N–H and O–H groups in total. The molecule has 54 valence electrons. The van der Waals surface area contributed by atoms with Gasteiger partial charge in [0.15, 0.2) is 0 Å². The first-order valence-electron chi connectivity index (χ1n) is 3.52. The van der Waals surface area contributed by atoms with Gasteiger partial charge in [-0.25, -0.2) is 0 Å². The molecule has 0 bridgehead atoms. The first-order valence-corrected chi connectivity index (χ1v) is 3.52. The van der Waals surface area contributed by atoms with Crippen molar-refractivity contribution in [2.24, 2.45) is 0 Å². The molecule has 1 aromatic rings. The first-order chi connectivity index (χ1) is 4.86. The topological polar surface area (TPSA) is 22.4 Å². The van der Waals surface area contributed by atoms with Crippen LogP contribution in [0.15, 0.2) is 10.5 Å². The molecular weight excluding hydrogens is 128 g/mol. The van der Waals surface area contributed by atoms with Gasteiger partial charge in [-0.15, -0.1) is 0 Å². The van der Waals surface area contributed by atoms with E-state index in [1.165, 1.54) is 5.56 Å². The number of hydrogen-bond donors (Lipinski definition) is 0. The van der Waals surface area contributed by atoms with E-state index in [4.69, 9.17) is 9.15 Å².